The fourth-order valence-electron chi connectivity index (χ4n) is 2.05. The van der Waals surface area contributed by atoms with Gasteiger partial charge in [-0.25, -0.2) is 9.59 Å². The minimum Gasteiger partial charge on any atom is -0.507 e. The van der Waals surface area contributed by atoms with Gasteiger partial charge in [-0.05, 0) is 26.0 Å². The van der Waals surface area contributed by atoms with Gasteiger partial charge in [0.2, 0.25) is 0 Å². The molecule has 0 fully saturated rings. The van der Waals surface area contributed by atoms with Gasteiger partial charge in [-0.3, -0.25) is 4.79 Å². The van der Waals surface area contributed by atoms with Crippen molar-refractivity contribution in [1.82, 2.24) is 0 Å². The van der Waals surface area contributed by atoms with Crippen molar-refractivity contribution in [2.75, 3.05) is 13.2 Å². The molecule has 0 aromatic heterocycles. The third-order valence-corrected chi connectivity index (χ3v) is 3.20. The second-order valence-corrected chi connectivity index (χ2v) is 4.81. The molecule has 6 nitrogen and oxygen atoms in total. The number of ether oxygens (including phenoxy) is 2. The molecule has 0 atom stereocenters. The van der Waals surface area contributed by atoms with E-state index in [9.17, 15) is 19.5 Å². The van der Waals surface area contributed by atoms with Crippen LogP contribution in [-0.2, 0) is 19.1 Å². The third-order valence-electron chi connectivity index (χ3n) is 3.20. The van der Waals surface area contributed by atoms with Crippen molar-refractivity contribution < 1.29 is 29.0 Å². The molecule has 24 heavy (non-hydrogen) atoms. The van der Waals surface area contributed by atoms with Crippen molar-refractivity contribution in [2.24, 2.45) is 5.92 Å². The number of Topliss-reactive ketones (excluding diaryl/α,β-unsaturated/α-hetero) is 1. The standard InChI is InChI=1S/C18H20O6/c1-5-23-17(21)11(3)15(12(4)18(22)24-6-2)16(20)13-9-7-8-10-14(13)19/h7-10,15,19H,3-6H2,1-2H3. The first kappa shape index (κ1) is 19.2. The predicted molar refractivity (Wildman–Crippen MR) is 87.5 cm³/mol. The summed E-state index contributed by atoms with van der Waals surface area (Å²) in [5.74, 6) is -3.99. The Balaban J connectivity index is 3.27. The molecule has 0 unspecified atom stereocenters. The van der Waals surface area contributed by atoms with Crippen molar-refractivity contribution in [3.05, 3.63) is 54.1 Å². The van der Waals surface area contributed by atoms with E-state index >= 15 is 0 Å². The lowest BCUT2D eigenvalue weighted by Gasteiger charge is -2.19. The number of hydrogen-bond donors (Lipinski definition) is 1. The van der Waals surface area contributed by atoms with Crippen LogP contribution in [0.5, 0.6) is 5.75 Å². The first-order valence-corrected chi connectivity index (χ1v) is 7.39. The second kappa shape index (κ2) is 8.67. The average Bonchev–Trinajstić information content (AvgIpc) is 2.55. The molecule has 0 heterocycles. The number of para-hydroxylation sites is 1. The maximum absolute atomic E-state index is 12.8. The molecule has 0 aliphatic carbocycles. The van der Waals surface area contributed by atoms with Crippen LogP contribution in [0.25, 0.3) is 0 Å². The highest BCUT2D eigenvalue weighted by Crippen LogP contribution is 2.28. The minimum atomic E-state index is -1.38. The number of carbonyl (C=O) groups excluding carboxylic acids is 3. The number of hydrogen-bond acceptors (Lipinski definition) is 6. The van der Waals surface area contributed by atoms with Gasteiger partial charge in [0.15, 0.2) is 5.78 Å². The molecule has 0 bridgehead atoms. The maximum Gasteiger partial charge on any atom is 0.334 e. The van der Waals surface area contributed by atoms with Gasteiger partial charge in [0.25, 0.3) is 0 Å². The summed E-state index contributed by atoms with van der Waals surface area (Å²) in [6.07, 6.45) is 0. The van der Waals surface area contributed by atoms with Gasteiger partial charge in [0.1, 0.15) is 5.75 Å². The number of esters is 2. The van der Waals surface area contributed by atoms with E-state index in [-0.39, 0.29) is 35.7 Å². The normalized spacial score (nSPS) is 10.1. The summed E-state index contributed by atoms with van der Waals surface area (Å²) in [5, 5.41) is 9.86. The Hall–Kier alpha value is -2.89. The van der Waals surface area contributed by atoms with E-state index in [1.165, 1.54) is 12.1 Å². The molecule has 0 radical (unpaired) electrons. The summed E-state index contributed by atoms with van der Waals surface area (Å²) >= 11 is 0. The van der Waals surface area contributed by atoms with Crippen molar-refractivity contribution >= 4 is 17.7 Å². The van der Waals surface area contributed by atoms with Crippen LogP contribution < -0.4 is 0 Å². The molecule has 6 heteroatoms. The number of carbonyl (C=O) groups is 3. The Labute approximate surface area is 140 Å². The van der Waals surface area contributed by atoms with Crippen LogP contribution in [0.2, 0.25) is 0 Å². The first-order valence-electron chi connectivity index (χ1n) is 7.39. The van der Waals surface area contributed by atoms with Crippen LogP contribution in [0.3, 0.4) is 0 Å². The van der Waals surface area contributed by atoms with Crippen LogP contribution in [-0.4, -0.2) is 36.0 Å². The van der Waals surface area contributed by atoms with Gasteiger partial charge in [0.05, 0.1) is 24.7 Å². The fourth-order valence-corrected chi connectivity index (χ4v) is 2.05. The summed E-state index contributed by atoms with van der Waals surface area (Å²) in [6.45, 7) is 10.5. The van der Waals surface area contributed by atoms with Gasteiger partial charge < -0.3 is 14.6 Å². The van der Waals surface area contributed by atoms with E-state index in [1.54, 1.807) is 26.0 Å². The average molecular weight is 332 g/mol. The van der Waals surface area contributed by atoms with E-state index < -0.39 is 23.6 Å². The van der Waals surface area contributed by atoms with Crippen molar-refractivity contribution in [3.63, 3.8) is 0 Å². The lowest BCUT2D eigenvalue weighted by molar-refractivity contribution is -0.139. The molecule has 0 aliphatic heterocycles. The number of ketones is 1. The number of phenolic OH excluding ortho intramolecular Hbond substituents is 1. The zero-order chi connectivity index (χ0) is 18.3. The predicted octanol–water partition coefficient (Wildman–Crippen LogP) is 2.43. The lowest BCUT2D eigenvalue weighted by Crippen LogP contribution is -2.28. The topological polar surface area (TPSA) is 89.9 Å². The summed E-state index contributed by atoms with van der Waals surface area (Å²) in [5.41, 5.74) is -0.551. The van der Waals surface area contributed by atoms with E-state index in [2.05, 4.69) is 13.2 Å². The third kappa shape index (κ3) is 4.32. The molecule has 0 spiro atoms. The highest BCUT2D eigenvalue weighted by Gasteiger charge is 2.35. The molecule has 1 N–H and O–H groups in total. The Bertz CT molecular complexity index is 644. The largest absolute Gasteiger partial charge is 0.507 e. The Morgan fingerprint density at radius 2 is 1.46 bits per heavy atom. The molecule has 0 aliphatic rings. The SMILES string of the molecule is C=C(C(=O)OCC)C(C(=C)C(=O)OCC)C(=O)c1ccccc1O. The highest BCUT2D eigenvalue weighted by molar-refractivity contribution is 6.12. The lowest BCUT2D eigenvalue weighted by atomic mass is 9.85. The fraction of sp³-hybridized carbons (Fsp3) is 0.278. The molecule has 1 aromatic rings. The summed E-state index contributed by atoms with van der Waals surface area (Å²) in [6, 6.07) is 5.79. The molecular formula is C18H20O6. The minimum absolute atomic E-state index is 0.0570. The van der Waals surface area contributed by atoms with Crippen molar-refractivity contribution in [1.29, 1.82) is 0 Å². The van der Waals surface area contributed by atoms with Gasteiger partial charge in [-0.15, -0.1) is 0 Å². The molecular weight excluding hydrogens is 312 g/mol. The highest BCUT2D eigenvalue weighted by atomic mass is 16.5. The Morgan fingerprint density at radius 1 is 1.00 bits per heavy atom. The van der Waals surface area contributed by atoms with Crippen LogP contribution >= 0.6 is 0 Å². The molecule has 0 amide bonds. The van der Waals surface area contributed by atoms with Crippen LogP contribution in [0.15, 0.2) is 48.6 Å². The molecule has 1 aromatic carbocycles. The van der Waals surface area contributed by atoms with Gasteiger partial charge in [-0.2, -0.15) is 0 Å². The summed E-state index contributed by atoms with van der Waals surface area (Å²) in [7, 11) is 0. The molecule has 128 valence electrons. The first-order chi connectivity index (χ1) is 11.3. The summed E-state index contributed by atoms with van der Waals surface area (Å²) < 4.78 is 9.69. The zero-order valence-corrected chi connectivity index (χ0v) is 13.7. The number of phenols is 1. The van der Waals surface area contributed by atoms with Crippen LogP contribution in [0.4, 0.5) is 0 Å². The van der Waals surface area contributed by atoms with E-state index in [0.29, 0.717) is 0 Å². The second-order valence-electron chi connectivity index (χ2n) is 4.81. The monoisotopic (exact) mass is 332 g/mol. The quantitative estimate of drug-likeness (QED) is 0.447. The molecule has 0 saturated heterocycles. The van der Waals surface area contributed by atoms with Crippen molar-refractivity contribution in [2.45, 2.75) is 13.8 Å². The van der Waals surface area contributed by atoms with Crippen molar-refractivity contribution in [3.8, 4) is 5.75 Å². The smallest absolute Gasteiger partial charge is 0.334 e. The number of aromatic hydroxyl groups is 1. The van der Waals surface area contributed by atoms with Gasteiger partial charge in [-0.1, -0.05) is 25.3 Å². The Kier molecular flexibility index (Phi) is 6.92. The van der Waals surface area contributed by atoms with Gasteiger partial charge >= 0.3 is 11.9 Å². The van der Waals surface area contributed by atoms with E-state index in [4.69, 9.17) is 9.47 Å². The summed E-state index contributed by atoms with van der Waals surface area (Å²) in [4.78, 5) is 36.7. The van der Waals surface area contributed by atoms with E-state index in [1.807, 2.05) is 0 Å². The van der Waals surface area contributed by atoms with Gasteiger partial charge in [0, 0.05) is 11.1 Å². The number of benzene rings is 1. The molecule has 0 saturated carbocycles. The Morgan fingerprint density at radius 3 is 1.88 bits per heavy atom. The van der Waals surface area contributed by atoms with Crippen LogP contribution in [0.1, 0.15) is 24.2 Å². The van der Waals surface area contributed by atoms with Crippen LogP contribution in [0, 0.1) is 5.92 Å². The maximum atomic E-state index is 12.8. The molecule has 1 rings (SSSR count). The number of rotatable bonds is 8. The van der Waals surface area contributed by atoms with E-state index in [0.717, 1.165) is 0 Å². The zero-order valence-electron chi connectivity index (χ0n) is 13.7.